The van der Waals surface area contributed by atoms with Crippen LogP contribution in [0.4, 0.5) is 10.5 Å². The molecule has 29 heavy (non-hydrogen) atoms. The highest BCUT2D eigenvalue weighted by Crippen LogP contribution is 2.16. The largest absolute Gasteiger partial charge is 0.324 e. The molecule has 146 valence electrons. The molecule has 1 aliphatic heterocycles. The van der Waals surface area contributed by atoms with E-state index < -0.39 is 0 Å². The Hall–Kier alpha value is -3.56. The van der Waals surface area contributed by atoms with Gasteiger partial charge in [0.05, 0.1) is 11.6 Å². The van der Waals surface area contributed by atoms with E-state index in [0.717, 1.165) is 31.0 Å². The van der Waals surface area contributed by atoms with E-state index in [1.54, 1.807) is 0 Å². The van der Waals surface area contributed by atoms with Crippen LogP contribution in [0, 0.1) is 11.3 Å². The topological polar surface area (TPSA) is 64.3 Å². The van der Waals surface area contributed by atoms with E-state index >= 15 is 0 Å². The minimum absolute atomic E-state index is 0.0623. The number of piperazine rings is 1. The third-order valence-corrected chi connectivity index (χ3v) is 5.15. The van der Waals surface area contributed by atoms with Crippen LogP contribution in [0.25, 0.3) is 5.69 Å². The Labute approximate surface area is 170 Å². The van der Waals surface area contributed by atoms with Crippen LogP contribution in [0.5, 0.6) is 0 Å². The SMILES string of the molecule is N#Cc1ccc(CN2CCN(C(=O)Nc3cccc(-n4cccc4)c3)CC2)cc1. The number of nitrogens with zero attached hydrogens (tertiary/aromatic N) is 4. The number of nitriles is 1. The molecule has 0 bridgehead atoms. The van der Waals surface area contributed by atoms with Crippen molar-refractivity contribution in [2.75, 3.05) is 31.5 Å². The summed E-state index contributed by atoms with van der Waals surface area (Å²) >= 11 is 0. The molecule has 0 radical (unpaired) electrons. The summed E-state index contributed by atoms with van der Waals surface area (Å²) in [4.78, 5) is 16.8. The Morgan fingerprint density at radius 1 is 0.966 bits per heavy atom. The maximum Gasteiger partial charge on any atom is 0.321 e. The molecule has 0 aliphatic carbocycles. The van der Waals surface area contributed by atoms with Gasteiger partial charge in [-0.2, -0.15) is 5.26 Å². The van der Waals surface area contributed by atoms with Crippen LogP contribution in [0.3, 0.4) is 0 Å². The van der Waals surface area contributed by atoms with Crippen molar-refractivity contribution in [3.8, 4) is 11.8 Å². The number of anilines is 1. The molecule has 2 amide bonds. The molecule has 1 saturated heterocycles. The third-order valence-electron chi connectivity index (χ3n) is 5.15. The van der Waals surface area contributed by atoms with Crippen LogP contribution >= 0.6 is 0 Å². The first-order valence-corrected chi connectivity index (χ1v) is 9.72. The zero-order valence-electron chi connectivity index (χ0n) is 16.2. The first kappa shape index (κ1) is 18.8. The average molecular weight is 385 g/mol. The van der Waals surface area contributed by atoms with Gasteiger partial charge in [0.15, 0.2) is 0 Å². The molecule has 2 heterocycles. The fourth-order valence-electron chi connectivity index (χ4n) is 3.51. The molecular weight excluding hydrogens is 362 g/mol. The second-order valence-electron chi connectivity index (χ2n) is 7.14. The molecule has 2 aromatic carbocycles. The highest BCUT2D eigenvalue weighted by molar-refractivity contribution is 5.89. The Balaban J connectivity index is 1.30. The van der Waals surface area contributed by atoms with Crippen LogP contribution in [0.1, 0.15) is 11.1 Å². The van der Waals surface area contributed by atoms with Crippen molar-refractivity contribution in [2.45, 2.75) is 6.54 Å². The van der Waals surface area contributed by atoms with Crippen LogP contribution in [0.2, 0.25) is 0 Å². The average Bonchev–Trinajstić information content (AvgIpc) is 3.30. The molecule has 1 aliphatic rings. The minimum Gasteiger partial charge on any atom is -0.324 e. The first-order valence-electron chi connectivity index (χ1n) is 9.72. The molecule has 6 heteroatoms. The summed E-state index contributed by atoms with van der Waals surface area (Å²) in [6.45, 7) is 3.88. The molecular formula is C23H23N5O. The summed E-state index contributed by atoms with van der Waals surface area (Å²) in [6, 6.07) is 21.6. The lowest BCUT2D eigenvalue weighted by molar-refractivity contribution is 0.143. The van der Waals surface area contributed by atoms with E-state index in [4.69, 9.17) is 5.26 Å². The number of carbonyl (C=O) groups is 1. The maximum atomic E-state index is 12.7. The second-order valence-corrected chi connectivity index (χ2v) is 7.14. The Bertz CT molecular complexity index is 997. The van der Waals surface area contributed by atoms with Crippen LogP contribution in [-0.4, -0.2) is 46.6 Å². The highest BCUT2D eigenvalue weighted by Gasteiger charge is 2.21. The molecule has 1 N–H and O–H groups in total. The second kappa shape index (κ2) is 8.63. The third kappa shape index (κ3) is 4.65. The molecule has 0 atom stereocenters. The lowest BCUT2D eigenvalue weighted by Gasteiger charge is -2.34. The molecule has 4 rings (SSSR count). The quantitative estimate of drug-likeness (QED) is 0.745. The predicted octanol–water partition coefficient (Wildman–Crippen LogP) is 3.70. The van der Waals surface area contributed by atoms with Gasteiger partial charge in [-0.15, -0.1) is 0 Å². The number of aromatic nitrogens is 1. The van der Waals surface area contributed by atoms with Crippen molar-refractivity contribution in [1.82, 2.24) is 14.4 Å². The van der Waals surface area contributed by atoms with Crippen molar-refractivity contribution in [1.29, 1.82) is 5.26 Å². The van der Waals surface area contributed by atoms with Crippen molar-refractivity contribution < 1.29 is 4.79 Å². The fraction of sp³-hybridized carbons (Fsp3) is 0.217. The summed E-state index contributed by atoms with van der Waals surface area (Å²) in [5.41, 5.74) is 3.67. The number of amides is 2. The monoisotopic (exact) mass is 385 g/mol. The van der Waals surface area contributed by atoms with Gasteiger partial charge in [0.2, 0.25) is 0 Å². The van der Waals surface area contributed by atoms with E-state index in [1.807, 2.05) is 82.5 Å². The van der Waals surface area contributed by atoms with Crippen molar-refractivity contribution in [3.63, 3.8) is 0 Å². The maximum absolute atomic E-state index is 12.7. The lowest BCUT2D eigenvalue weighted by atomic mass is 10.1. The molecule has 1 fully saturated rings. The zero-order valence-corrected chi connectivity index (χ0v) is 16.2. The molecule has 0 saturated carbocycles. The zero-order chi connectivity index (χ0) is 20.1. The summed E-state index contributed by atoms with van der Waals surface area (Å²) in [5.74, 6) is 0. The number of rotatable bonds is 4. The Morgan fingerprint density at radius 3 is 2.38 bits per heavy atom. The highest BCUT2D eigenvalue weighted by atomic mass is 16.2. The fourth-order valence-corrected chi connectivity index (χ4v) is 3.51. The van der Waals surface area contributed by atoms with Crippen LogP contribution in [0.15, 0.2) is 73.1 Å². The molecule has 6 nitrogen and oxygen atoms in total. The summed E-state index contributed by atoms with van der Waals surface area (Å²) in [7, 11) is 0. The van der Waals surface area contributed by atoms with E-state index in [-0.39, 0.29) is 6.03 Å². The Morgan fingerprint density at radius 2 is 1.69 bits per heavy atom. The van der Waals surface area contributed by atoms with E-state index in [9.17, 15) is 4.79 Å². The van der Waals surface area contributed by atoms with Crippen molar-refractivity contribution in [2.24, 2.45) is 0 Å². The minimum atomic E-state index is -0.0623. The number of benzene rings is 2. The smallest absolute Gasteiger partial charge is 0.321 e. The number of hydrogen-bond donors (Lipinski definition) is 1. The summed E-state index contributed by atoms with van der Waals surface area (Å²) < 4.78 is 2.01. The molecule has 1 aromatic heterocycles. The summed E-state index contributed by atoms with van der Waals surface area (Å²) in [5, 5.41) is 11.9. The van der Waals surface area contributed by atoms with Gasteiger partial charge in [-0.3, -0.25) is 4.90 Å². The van der Waals surface area contributed by atoms with E-state index in [2.05, 4.69) is 16.3 Å². The van der Waals surface area contributed by atoms with E-state index in [0.29, 0.717) is 18.7 Å². The van der Waals surface area contributed by atoms with Crippen molar-refractivity contribution in [3.05, 3.63) is 84.2 Å². The van der Waals surface area contributed by atoms with Crippen LogP contribution in [-0.2, 0) is 6.54 Å². The van der Waals surface area contributed by atoms with Gasteiger partial charge in [0.1, 0.15) is 0 Å². The number of nitrogens with one attached hydrogen (secondary N) is 1. The lowest BCUT2D eigenvalue weighted by Crippen LogP contribution is -2.49. The van der Waals surface area contributed by atoms with Gasteiger partial charge in [-0.1, -0.05) is 18.2 Å². The number of carbonyl (C=O) groups excluding carboxylic acids is 1. The number of hydrogen-bond acceptors (Lipinski definition) is 3. The van der Waals surface area contributed by atoms with Gasteiger partial charge < -0.3 is 14.8 Å². The number of urea groups is 1. The van der Waals surface area contributed by atoms with Gasteiger partial charge in [0.25, 0.3) is 0 Å². The first-order chi connectivity index (χ1) is 14.2. The molecule has 3 aromatic rings. The standard InChI is InChI=1S/C23H23N5O/c24-17-19-6-8-20(9-7-19)18-26-12-14-28(15-13-26)23(29)25-21-4-3-5-22(16-21)27-10-1-2-11-27/h1-11,16H,12-15,18H2,(H,25,29). The van der Waals surface area contributed by atoms with Crippen LogP contribution < -0.4 is 5.32 Å². The van der Waals surface area contributed by atoms with Gasteiger partial charge >= 0.3 is 6.03 Å². The van der Waals surface area contributed by atoms with Gasteiger partial charge in [-0.05, 0) is 48.0 Å². The predicted molar refractivity (Wildman–Crippen MR) is 113 cm³/mol. The Kier molecular flexibility index (Phi) is 5.59. The summed E-state index contributed by atoms with van der Waals surface area (Å²) in [6.07, 6.45) is 3.96. The molecule has 0 spiro atoms. The normalized spacial score (nSPS) is 14.4. The van der Waals surface area contributed by atoms with Gasteiger partial charge in [-0.25, -0.2) is 4.79 Å². The molecule has 0 unspecified atom stereocenters. The van der Waals surface area contributed by atoms with Crippen molar-refractivity contribution >= 4 is 11.7 Å². The van der Waals surface area contributed by atoms with E-state index in [1.165, 1.54) is 5.56 Å². The van der Waals surface area contributed by atoms with Gasteiger partial charge in [0, 0.05) is 56.5 Å².